The van der Waals surface area contributed by atoms with Crippen LogP contribution in [0.25, 0.3) is 0 Å². The zero-order valence-corrected chi connectivity index (χ0v) is 21.3. The quantitative estimate of drug-likeness (QED) is 0.214. The van der Waals surface area contributed by atoms with Crippen molar-refractivity contribution in [3.63, 3.8) is 0 Å². The van der Waals surface area contributed by atoms with Gasteiger partial charge in [0.25, 0.3) is 8.32 Å². The normalized spacial score (nSPS) is 11.9. The molecule has 6 heteroatoms. The Morgan fingerprint density at radius 2 is 1.03 bits per heavy atom. The van der Waals surface area contributed by atoms with E-state index >= 15 is 0 Å². The molecule has 0 aliphatic carbocycles. The average molecular weight is 471 g/mol. The van der Waals surface area contributed by atoms with E-state index in [0.29, 0.717) is 59.5 Å². The summed E-state index contributed by atoms with van der Waals surface area (Å²) >= 11 is 0. The van der Waals surface area contributed by atoms with Gasteiger partial charge in [-0.2, -0.15) is 0 Å². The predicted octanol–water partition coefficient (Wildman–Crippen LogP) is 3.26. The molecule has 0 saturated carbocycles. The van der Waals surface area contributed by atoms with E-state index in [1.165, 1.54) is 10.4 Å². The van der Waals surface area contributed by atoms with Crippen LogP contribution >= 0.6 is 0 Å². The Hall–Kier alpha value is -1.98. The molecule has 0 amide bonds. The summed E-state index contributed by atoms with van der Waals surface area (Å²) < 4.78 is 28.7. The first-order chi connectivity index (χ1) is 16.0. The molecular formula is C27H38O5Si. The van der Waals surface area contributed by atoms with Gasteiger partial charge < -0.3 is 23.4 Å². The third kappa shape index (κ3) is 8.71. The number of rotatable bonds is 16. The Kier molecular flexibility index (Phi) is 12.4. The van der Waals surface area contributed by atoms with E-state index in [9.17, 15) is 0 Å². The minimum atomic E-state index is -2.50. The van der Waals surface area contributed by atoms with Crippen LogP contribution in [0, 0.1) is 12.3 Å². The van der Waals surface area contributed by atoms with Crippen LogP contribution in [0.4, 0.5) is 0 Å². The van der Waals surface area contributed by atoms with Gasteiger partial charge in [0.1, 0.15) is 6.61 Å². The molecule has 5 nitrogen and oxygen atoms in total. The van der Waals surface area contributed by atoms with Crippen molar-refractivity contribution in [2.75, 3.05) is 59.5 Å². The molecular weight excluding hydrogens is 432 g/mol. The Labute approximate surface area is 200 Å². The first-order valence-corrected chi connectivity index (χ1v) is 13.4. The molecule has 0 atom stereocenters. The second kappa shape index (κ2) is 15.0. The first-order valence-electron chi connectivity index (χ1n) is 11.5. The van der Waals surface area contributed by atoms with Gasteiger partial charge in [-0.3, -0.25) is 0 Å². The standard InChI is InChI=1S/C27H38O5Si/c1-5-16-28-17-18-29-19-20-30-21-22-31-23-24-32-33(27(2,3)4,25-12-8-6-9-13-25)26-14-10-7-11-15-26/h1,6-15H,16-24H2,2-4H3. The fourth-order valence-electron chi connectivity index (χ4n) is 3.81. The lowest BCUT2D eigenvalue weighted by Gasteiger charge is -2.43. The van der Waals surface area contributed by atoms with Crippen LogP contribution in [-0.4, -0.2) is 67.8 Å². The van der Waals surface area contributed by atoms with Gasteiger partial charge in [-0.1, -0.05) is 87.4 Å². The molecule has 0 N–H and O–H groups in total. The van der Waals surface area contributed by atoms with Crippen LogP contribution in [0.15, 0.2) is 60.7 Å². The number of hydrogen-bond acceptors (Lipinski definition) is 5. The van der Waals surface area contributed by atoms with Crippen molar-refractivity contribution in [2.24, 2.45) is 0 Å². The molecule has 0 unspecified atom stereocenters. The highest BCUT2D eigenvalue weighted by molar-refractivity contribution is 6.99. The van der Waals surface area contributed by atoms with E-state index in [1.807, 2.05) is 0 Å². The largest absolute Gasteiger partial charge is 0.405 e. The summed E-state index contributed by atoms with van der Waals surface area (Å²) in [5.74, 6) is 2.42. The van der Waals surface area contributed by atoms with Crippen molar-refractivity contribution in [3.05, 3.63) is 60.7 Å². The smallest absolute Gasteiger partial charge is 0.261 e. The highest BCUT2D eigenvalue weighted by atomic mass is 28.4. The molecule has 0 heterocycles. The van der Waals surface area contributed by atoms with Crippen molar-refractivity contribution < 1.29 is 23.4 Å². The summed E-state index contributed by atoms with van der Waals surface area (Å²) in [5, 5.41) is 2.51. The van der Waals surface area contributed by atoms with E-state index < -0.39 is 8.32 Å². The van der Waals surface area contributed by atoms with E-state index in [1.54, 1.807) is 0 Å². The van der Waals surface area contributed by atoms with Crippen molar-refractivity contribution >= 4 is 18.7 Å². The van der Waals surface area contributed by atoms with Crippen LogP contribution in [-0.2, 0) is 23.4 Å². The van der Waals surface area contributed by atoms with E-state index in [2.05, 4.69) is 87.4 Å². The molecule has 2 aromatic rings. The lowest BCUT2D eigenvalue weighted by Crippen LogP contribution is -2.66. The summed E-state index contributed by atoms with van der Waals surface area (Å²) in [6.45, 7) is 11.3. The summed E-state index contributed by atoms with van der Waals surface area (Å²) in [7, 11) is -2.50. The molecule has 33 heavy (non-hydrogen) atoms. The molecule has 0 aliphatic heterocycles. The minimum absolute atomic E-state index is 0.0370. The molecule has 0 bridgehead atoms. The van der Waals surface area contributed by atoms with Gasteiger partial charge in [0.15, 0.2) is 0 Å². The fraction of sp³-hybridized carbons (Fsp3) is 0.481. The van der Waals surface area contributed by atoms with Crippen molar-refractivity contribution in [1.29, 1.82) is 0 Å². The second-order valence-electron chi connectivity index (χ2n) is 8.61. The van der Waals surface area contributed by atoms with Gasteiger partial charge >= 0.3 is 0 Å². The lowest BCUT2D eigenvalue weighted by atomic mass is 10.2. The summed E-state index contributed by atoms with van der Waals surface area (Å²) in [6.07, 6.45) is 5.11. The predicted molar refractivity (Wildman–Crippen MR) is 136 cm³/mol. The van der Waals surface area contributed by atoms with Gasteiger partial charge in [-0.15, -0.1) is 6.42 Å². The van der Waals surface area contributed by atoms with Crippen molar-refractivity contribution in [1.82, 2.24) is 0 Å². The van der Waals surface area contributed by atoms with Crippen LogP contribution in [0.2, 0.25) is 5.04 Å². The van der Waals surface area contributed by atoms with E-state index in [4.69, 9.17) is 29.8 Å². The fourth-order valence-corrected chi connectivity index (χ4v) is 8.35. The van der Waals surface area contributed by atoms with Gasteiger partial charge in [0, 0.05) is 0 Å². The Morgan fingerprint density at radius 1 is 0.636 bits per heavy atom. The molecule has 0 fully saturated rings. The van der Waals surface area contributed by atoms with Crippen LogP contribution in [0.1, 0.15) is 20.8 Å². The lowest BCUT2D eigenvalue weighted by molar-refractivity contribution is -0.00223. The summed E-state index contributed by atoms with van der Waals surface area (Å²) in [4.78, 5) is 0. The molecule has 180 valence electrons. The van der Waals surface area contributed by atoms with Crippen LogP contribution < -0.4 is 10.4 Å². The average Bonchev–Trinajstić information content (AvgIpc) is 2.82. The first kappa shape index (κ1) is 27.3. The number of hydrogen-bond donors (Lipinski definition) is 0. The molecule has 0 aromatic heterocycles. The molecule has 0 saturated heterocycles. The monoisotopic (exact) mass is 470 g/mol. The van der Waals surface area contributed by atoms with Gasteiger partial charge in [-0.05, 0) is 15.4 Å². The minimum Gasteiger partial charge on any atom is -0.405 e. The van der Waals surface area contributed by atoms with E-state index in [0.717, 1.165) is 0 Å². The Bertz CT molecular complexity index is 759. The Morgan fingerprint density at radius 3 is 1.42 bits per heavy atom. The summed E-state index contributed by atoms with van der Waals surface area (Å²) in [6, 6.07) is 21.3. The number of terminal acetylenes is 1. The van der Waals surface area contributed by atoms with Gasteiger partial charge in [0.2, 0.25) is 0 Å². The third-order valence-corrected chi connectivity index (χ3v) is 10.3. The second-order valence-corrected chi connectivity index (χ2v) is 12.9. The van der Waals surface area contributed by atoms with Crippen molar-refractivity contribution in [3.8, 4) is 12.3 Å². The molecule has 0 aliphatic rings. The van der Waals surface area contributed by atoms with Gasteiger partial charge in [0.05, 0.1) is 52.9 Å². The maximum atomic E-state index is 6.80. The van der Waals surface area contributed by atoms with Crippen LogP contribution in [0.3, 0.4) is 0 Å². The SMILES string of the molecule is C#CCOCCOCCOCCOCCO[Si](c1ccccc1)(c1ccccc1)C(C)(C)C. The topological polar surface area (TPSA) is 46.2 Å². The maximum Gasteiger partial charge on any atom is 0.261 e. The Balaban J connectivity index is 1.78. The highest BCUT2D eigenvalue weighted by Gasteiger charge is 2.49. The number of benzene rings is 2. The zero-order valence-electron chi connectivity index (χ0n) is 20.3. The highest BCUT2D eigenvalue weighted by Crippen LogP contribution is 2.36. The van der Waals surface area contributed by atoms with Crippen LogP contribution in [0.5, 0.6) is 0 Å². The number of ether oxygens (including phenoxy) is 4. The van der Waals surface area contributed by atoms with Gasteiger partial charge in [-0.25, -0.2) is 0 Å². The van der Waals surface area contributed by atoms with E-state index in [-0.39, 0.29) is 5.04 Å². The molecule has 0 spiro atoms. The third-order valence-electron chi connectivity index (χ3n) is 5.26. The summed E-state index contributed by atoms with van der Waals surface area (Å²) in [5.41, 5.74) is 0. The molecule has 0 radical (unpaired) electrons. The maximum absolute atomic E-state index is 6.80. The molecule has 2 rings (SSSR count). The van der Waals surface area contributed by atoms with Crippen molar-refractivity contribution in [2.45, 2.75) is 25.8 Å². The molecule has 2 aromatic carbocycles. The zero-order chi connectivity index (χ0) is 23.8.